The van der Waals surface area contributed by atoms with E-state index in [4.69, 9.17) is 0 Å². The summed E-state index contributed by atoms with van der Waals surface area (Å²) >= 11 is 0. The SMILES string of the molecule is C=C(Nc1cncc(-c2cnc3[nH]nc(-c4cc5c(-c6cccc(F)c6)cncc5[nH]4)c3c2)c1)c1ccccc1. The van der Waals surface area contributed by atoms with Gasteiger partial charge in [-0.2, -0.15) is 5.10 Å². The Labute approximate surface area is 228 Å². The van der Waals surface area contributed by atoms with Crippen molar-refractivity contribution in [2.45, 2.75) is 0 Å². The predicted molar refractivity (Wildman–Crippen MR) is 157 cm³/mol. The van der Waals surface area contributed by atoms with Crippen LogP contribution in [0.2, 0.25) is 0 Å². The lowest BCUT2D eigenvalue weighted by Gasteiger charge is -2.11. The highest BCUT2D eigenvalue weighted by atomic mass is 19.1. The van der Waals surface area contributed by atoms with Crippen molar-refractivity contribution >= 4 is 33.3 Å². The van der Waals surface area contributed by atoms with Crippen molar-refractivity contribution in [3.05, 3.63) is 122 Å². The maximum absolute atomic E-state index is 13.9. The summed E-state index contributed by atoms with van der Waals surface area (Å²) in [7, 11) is 0. The fraction of sp³-hybridized carbons (Fsp3) is 0. The molecule has 0 fully saturated rings. The molecule has 5 heterocycles. The first-order chi connectivity index (χ1) is 19.6. The second-order valence-corrected chi connectivity index (χ2v) is 9.47. The van der Waals surface area contributed by atoms with E-state index in [0.29, 0.717) is 5.65 Å². The first kappa shape index (κ1) is 23.5. The average Bonchev–Trinajstić information content (AvgIpc) is 3.61. The highest BCUT2D eigenvalue weighted by Crippen LogP contribution is 2.34. The molecule has 0 spiro atoms. The van der Waals surface area contributed by atoms with Gasteiger partial charge in [-0.05, 0) is 41.5 Å². The molecule has 3 N–H and O–H groups in total. The number of hydrogen-bond acceptors (Lipinski definition) is 5. The van der Waals surface area contributed by atoms with E-state index < -0.39 is 0 Å². The Bertz CT molecular complexity index is 2020. The normalized spacial score (nSPS) is 11.2. The van der Waals surface area contributed by atoms with Crippen LogP contribution in [0, 0.1) is 5.82 Å². The number of H-pyrrole nitrogens is 2. The topological polar surface area (TPSA) is 95.2 Å². The third-order valence-electron chi connectivity index (χ3n) is 6.84. The van der Waals surface area contributed by atoms with Crippen LogP contribution in [0.1, 0.15) is 5.56 Å². The summed E-state index contributed by atoms with van der Waals surface area (Å²) < 4.78 is 13.9. The molecule has 0 unspecified atom stereocenters. The summed E-state index contributed by atoms with van der Waals surface area (Å²) in [5.41, 5.74) is 9.05. The molecular formula is C32H22FN7. The van der Waals surface area contributed by atoms with Gasteiger partial charge in [-0.1, -0.05) is 49.0 Å². The first-order valence-corrected chi connectivity index (χ1v) is 12.7. The largest absolute Gasteiger partial charge is 0.354 e. The Kier molecular flexibility index (Phi) is 5.63. The molecule has 5 aromatic heterocycles. The molecule has 8 heteroatoms. The lowest BCUT2D eigenvalue weighted by molar-refractivity contribution is 0.628. The first-order valence-electron chi connectivity index (χ1n) is 12.7. The van der Waals surface area contributed by atoms with Gasteiger partial charge in [0.1, 0.15) is 11.5 Å². The van der Waals surface area contributed by atoms with E-state index in [9.17, 15) is 4.39 Å². The van der Waals surface area contributed by atoms with E-state index in [1.54, 1.807) is 37.1 Å². The Morgan fingerprint density at radius 1 is 0.775 bits per heavy atom. The fourth-order valence-corrected chi connectivity index (χ4v) is 4.88. The summed E-state index contributed by atoms with van der Waals surface area (Å²) in [6, 6.07) is 22.5. The quantitative estimate of drug-likeness (QED) is 0.210. The Balaban J connectivity index is 1.25. The van der Waals surface area contributed by atoms with Crippen LogP contribution in [0.15, 0.2) is 110 Å². The van der Waals surface area contributed by atoms with Gasteiger partial charge in [0.05, 0.1) is 29.3 Å². The lowest BCUT2D eigenvalue weighted by atomic mass is 10.0. The summed E-state index contributed by atoms with van der Waals surface area (Å²) in [5.74, 6) is -0.291. The molecule has 40 heavy (non-hydrogen) atoms. The number of anilines is 1. The highest BCUT2D eigenvalue weighted by molar-refractivity contribution is 6.00. The van der Waals surface area contributed by atoms with Crippen LogP contribution in [0.5, 0.6) is 0 Å². The maximum atomic E-state index is 13.9. The number of nitrogens with one attached hydrogen (secondary N) is 3. The second-order valence-electron chi connectivity index (χ2n) is 9.47. The predicted octanol–water partition coefficient (Wildman–Crippen LogP) is 7.45. The number of aromatic amines is 2. The Morgan fingerprint density at radius 3 is 2.50 bits per heavy atom. The molecule has 0 atom stereocenters. The van der Waals surface area contributed by atoms with Crippen LogP contribution in [-0.2, 0) is 0 Å². The molecule has 7 aromatic rings. The molecule has 0 saturated carbocycles. The standard InChI is InChI=1S/C32H22FN7/c1-19(20-6-3-2-4-7-20)37-25-11-22(14-34-16-25)23-12-27-31(39-40-32(27)36-15-23)29-13-26-28(17-35-18-30(26)38-29)21-8-5-9-24(33)10-21/h2-18,37-38H,1H2,(H,36,39,40). The summed E-state index contributed by atoms with van der Waals surface area (Å²) in [6.45, 7) is 4.16. The molecule has 0 aliphatic carbocycles. The molecule has 2 aromatic carbocycles. The molecule has 0 bridgehead atoms. The number of rotatable bonds is 6. The fourth-order valence-electron chi connectivity index (χ4n) is 4.88. The third-order valence-corrected chi connectivity index (χ3v) is 6.84. The van der Waals surface area contributed by atoms with Crippen LogP contribution in [-0.4, -0.2) is 30.1 Å². The molecule has 0 radical (unpaired) electrons. The maximum Gasteiger partial charge on any atom is 0.155 e. The van der Waals surface area contributed by atoms with Crippen molar-refractivity contribution in [3.8, 4) is 33.6 Å². The van der Waals surface area contributed by atoms with Crippen molar-refractivity contribution in [1.29, 1.82) is 0 Å². The van der Waals surface area contributed by atoms with Gasteiger partial charge >= 0.3 is 0 Å². The van der Waals surface area contributed by atoms with Gasteiger partial charge in [0.2, 0.25) is 0 Å². The molecule has 0 aliphatic heterocycles. The van der Waals surface area contributed by atoms with Crippen molar-refractivity contribution in [2.75, 3.05) is 5.32 Å². The minimum absolute atomic E-state index is 0.291. The lowest BCUT2D eigenvalue weighted by Crippen LogP contribution is -1.98. The molecular weight excluding hydrogens is 501 g/mol. The number of fused-ring (bicyclic) bond motifs is 2. The summed E-state index contributed by atoms with van der Waals surface area (Å²) in [6.07, 6.45) is 8.87. The zero-order valence-electron chi connectivity index (χ0n) is 21.2. The summed E-state index contributed by atoms with van der Waals surface area (Å²) in [5, 5.41) is 12.7. The average molecular weight is 524 g/mol. The van der Waals surface area contributed by atoms with Gasteiger partial charge in [0, 0.05) is 51.8 Å². The molecule has 7 rings (SSSR count). The van der Waals surface area contributed by atoms with E-state index >= 15 is 0 Å². The van der Waals surface area contributed by atoms with Gasteiger partial charge in [-0.25, -0.2) is 9.37 Å². The highest BCUT2D eigenvalue weighted by Gasteiger charge is 2.16. The smallest absolute Gasteiger partial charge is 0.155 e. The zero-order valence-corrected chi connectivity index (χ0v) is 21.2. The second kappa shape index (κ2) is 9.59. The number of halogens is 1. The van der Waals surface area contributed by atoms with E-state index in [0.717, 1.165) is 66.9 Å². The van der Waals surface area contributed by atoms with Crippen molar-refractivity contribution in [1.82, 2.24) is 30.1 Å². The van der Waals surface area contributed by atoms with Crippen molar-refractivity contribution < 1.29 is 4.39 Å². The van der Waals surface area contributed by atoms with E-state index in [1.165, 1.54) is 12.1 Å². The van der Waals surface area contributed by atoms with Gasteiger partial charge in [0.15, 0.2) is 5.65 Å². The number of nitrogens with zero attached hydrogens (tertiary/aromatic N) is 4. The van der Waals surface area contributed by atoms with Gasteiger partial charge in [-0.15, -0.1) is 0 Å². The third kappa shape index (κ3) is 4.27. The van der Waals surface area contributed by atoms with Crippen LogP contribution >= 0.6 is 0 Å². The van der Waals surface area contributed by atoms with Crippen LogP contribution in [0.4, 0.5) is 10.1 Å². The molecule has 0 saturated heterocycles. The van der Waals surface area contributed by atoms with Crippen LogP contribution in [0.25, 0.3) is 61.3 Å². The van der Waals surface area contributed by atoms with Gasteiger partial charge in [-0.3, -0.25) is 15.1 Å². The molecule has 0 aliphatic rings. The van der Waals surface area contributed by atoms with Gasteiger partial charge < -0.3 is 10.3 Å². The monoisotopic (exact) mass is 523 g/mol. The van der Waals surface area contributed by atoms with Gasteiger partial charge in [0.25, 0.3) is 0 Å². The van der Waals surface area contributed by atoms with Crippen LogP contribution < -0.4 is 5.32 Å². The number of aromatic nitrogens is 6. The van der Waals surface area contributed by atoms with Crippen LogP contribution in [0.3, 0.4) is 0 Å². The minimum atomic E-state index is -0.291. The Hall–Kier alpha value is -5.63. The van der Waals surface area contributed by atoms with Crippen molar-refractivity contribution in [2.24, 2.45) is 0 Å². The minimum Gasteiger partial charge on any atom is -0.354 e. The van der Waals surface area contributed by atoms with Crippen molar-refractivity contribution in [3.63, 3.8) is 0 Å². The van der Waals surface area contributed by atoms with E-state index in [1.807, 2.05) is 54.6 Å². The molecule has 7 nitrogen and oxygen atoms in total. The van der Waals surface area contributed by atoms with E-state index in [2.05, 4.69) is 42.0 Å². The Morgan fingerprint density at radius 2 is 1.62 bits per heavy atom. The summed E-state index contributed by atoms with van der Waals surface area (Å²) in [4.78, 5) is 16.8. The molecule has 0 amide bonds. The zero-order chi connectivity index (χ0) is 27.1. The number of hydrogen-bond donors (Lipinski definition) is 3. The van der Waals surface area contributed by atoms with E-state index in [-0.39, 0.29) is 5.82 Å². The number of benzene rings is 2. The number of pyridine rings is 3. The molecule has 192 valence electrons.